The van der Waals surface area contributed by atoms with Gasteiger partial charge in [0.15, 0.2) is 0 Å². The number of halogens is 3. The highest BCUT2D eigenvalue weighted by atomic mass is 79.9. The van der Waals surface area contributed by atoms with E-state index < -0.39 is 0 Å². The van der Waals surface area contributed by atoms with Gasteiger partial charge in [-0.05, 0) is 83.9 Å². The van der Waals surface area contributed by atoms with Crippen molar-refractivity contribution >= 4 is 45.0 Å². The Balaban J connectivity index is 1.55. The summed E-state index contributed by atoms with van der Waals surface area (Å²) in [6.07, 6.45) is 3.46. The summed E-state index contributed by atoms with van der Waals surface area (Å²) in [7, 11) is 0. The van der Waals surface area contributed by atoms with Crippen LogP contribution in [0.1, 0.15) is 21.5 Å². The lowest BCUT2D eigenvalue weighted by Crippen LogP contribution is -2.30. The Morgan fingerprint density at radius 2 is 1.45 bits per heavy atom. The number of hydrogen-bond donors (Lipinski definition) is 0. The van der Waals surface area contributed by atoms with E-state index in [1.165, 1.54) is 0 Å². The first-order valence-corrected chi connectivity index (χ1v) is 11.7. The third-order valence-corrected chi connectivity index (χ3v) is 5.79. The molecule has 0 aliphatic carbocycles. The predicted octanol–water partition coefficient (Wildman–Crippen LogP) is 7.79. The van der Waals surface area contributed by atoms with Crippen LogP contribution in [-0.4, -0.2) is 15.8 Å². The average molecular weight is 542 g/mol. The molecule has 0 aliphatic heterocycles. The molecule has 0 fully saturated rings. The van der Waals surface area contributed by atoms with Gasteiger partial charge in [0.25, 0.3) is 5.91 Å². The fraction of sp³-hybridized carbons (Fsp3) is 0.0769. The van der Waals surface area contributed by atoms with Crippen LogP contribution in [0.15, 0.2) is 95.7 Å². The number of carbonyl (C=O) groups excluding carboxylic acids is 1. The van der Waals surface area contributed by atoms with Gasteiger partial charge in [0, 0.05) is 45.6 Å². The van der Waals surface area contributed by atoms with Crippen LogP contribution in [0.3, 0.4) is 0 Å². The molecule has 3 aromatic carbocycles. The average Bonchev–Trinajstić information content (AvgIpc) is 2.80. The lowest BCUT2D eigenvalue weighted by atomic mass is 10.1. The molecule has 1 heterocycles. The summed E-state index contributed by atoms with van der Waals surface area (Å²) < 4.78 is 6.84. The predicted molar refractivity (Wildman–Crippen MR) is 135 cm³/mol. The van der Waals surface area contributed by atoms with Gasteiger partial charge in [-0.1, -0.05) is 45.2 Å². The van der Waals surface area contributed by atoms with Crippen molar-refractivity contribution in [3.8, 4) is 11.5 Å². The largest absolute Gasteiger partial charge is 0.457 e. The van der Waals surface area contributed by atoms with Gasteiger partial charge >= 0.3 is 0 Å². The third kappa shape index (κ3) is 6.57. The zero-order valence-corrected chi connectivity index (χ0v) is 20.5. The molecule has 0 atom stereocenters. The van der Waals surface area contributed by atoms with Crippen LogP contribution in [0.4, 0.5) is 0 Å². The lowest BCUT2D eigenvalue weighted by molar-refractivity contribution is 0.0730. The van der Waals surface area contributed by atoms with Crippen LogP contribution in [0.25, 0.3) is 0 Å². The Labute approximate surface area is 210 Å². The minimum atomic E-state index is -0.120. The second kappa shape index (κ2) is 10.8. The number of ether oxygens (including phenoxy) is 1. The molecule has 0 radical (unpaired) electrons. The Morgan fingerprint density at radius 1 is 0.848 bits per heavy atom. The van der Waals surface area contributed by atoms with Gasteiger partial charge in [-0.25, -0.2) is 0 Å². The molecule has 0 N–H and O–H groups in total. The quantitative estimate of drug-likeness (QED) is 0.240. The Morgan fingerprint density at radius 3 is 2.06 bits per heavy atom. The Kier molecular flexibility index (Phi) is 7.65. The number of hydrogen-bond acceptors (Lipinski definition) is 3. The SMILES string of the molecule is O=C(c1ccc(Oc2ccc(Br)cc2)cc1)N(Cc1cccnc1)Cc1cc(Cl)cc(Cl)c1. The van der Waals surface area contributed by atoms with Crippen LogP contribution < -0.4 is 4.74 Å². The van der Waals surface area contributed by atoms with Crippen LogP contribution in [0.5, 0.6) is 11.5 Å². The summed E-state index contributed by atoms with van der Waals surface area (Å²) >= 11 is 15.7. The van der Waals surface area contributed by atoms with E-state index in [9.17, 15) is 4.79 Å². The van der Waals surface area contributed by atoms with Crippen molar-refractivity contribution in [2.75, 3.05) is 0 Å². The molecule has 0 saturated carbocycles. The first-order chi connectivity index (χ1) is 16.0. The van der Waals surface area contributed by atoms with E-state index >= 15 is 0 Å². The molecule has 0 aliphatic rings. The molecule has 4 aromatic rings. The molecular weight excluding hydrogens is 523 g/mol. The molecule has 7 heteroatoms. The summed E-state index contributed by atoms with van der Waals surface area (Å²) in [6.45, 7) is 0.749. The van der Waals surface area contributed by atoms with Gasteiger partial charge < -0.3 is 9.64 Å². The topological polar surface area (TPSA) is 42.4 Å². The molecule has 0 saturated heterocycles. The van der Waals surface area contributed by atoms with Gasteiger partial charge in [-0.2, -0.15) is 0 Å². The molecular formula is C26H19BrCl2N2O2. The second-order valence-corrected chi connectivity index (χ2v) is 9.17. The number of nitrogens with zero attached hydrogens (tertiary/aromatic N) is 2. The number of amides is 1. The first-order valence-electron chi connectivity index (χ1n) is 10.1. The van der Waals surface area contributed by atoms with E-state index in [1.807, 2.05) is 48.5 Å². The van der Waals surface area contributed by atoms with E-state index in [-0.39, 0.29) is 5.91 Å². The molecule has 166 valence electrons. The molecule has 4 rings (SSSR count). The number of carbonyl (C=O) groups is 1. The molecule has 33 heavy (non-hydrogen) atoms. The maximum atomic E-state index is 13.4. The maximum absolute atomic E-state index is 13.4. The van der Waals surface area contributed by atoms with Crippen molar-refractivity contribution < 1.29 is 9.53 Å². The third-order valence-electron chi connectivity index (χ3n) is 4.83. The highest BCUT2D eigenvalue weighted by Crippen LogP contribution is 2.25. The van der Waals surface area contributed by atoms with Gasteiger partial charge in [0.05, 0.1) is 0 Å². The molecule has 0 unspecified atom stereocenters. The highest BCUT2D eigenvalue weighted by molar-refractivity contribution is 9.10. The zero-order valence-electron chi connectivity index (χ0n) is 17.4. The van der Waals surface area contributed by atoms with Crippen LogP contribution in [0, 0.1) is 0 Å². The first kappa shape index (κ1) is 23.3. The number of pyridine rings is 1. The fourth-order valence-electron chi connectivity index (χ4n) is 3.32. The zero-order chi connectivity index (χ0) is 23.2. The van der Waals surface area contributed by atoms with Crippen LogP contribution >= 0.6 is 39.1 Å². The van der Waals surface area contributed by atoms with Gasteiger partial charge in [0.2, 0.25) is 0 Å². The second-order valence-electron chi connectivity index (χ2n) is 7.38. The minimum absolute atomic E-state index is 0.120. The number of benzene rings is 3. The van der Waals surface area contributed by atoms with Gasteiger partial charge in [0.1, 0.15) is 11.5 Å². The number of aromatic nitrogens is 1. The molecule has 1 aromatic heterocycles. The fourth-order valence-corrected chi connectivity index (χ4v) is 4.16. The standard InChI is InChI=1S/C26H19BrCl2N2O2/c27-21-5-9-25(10-6-21)33-24-7-3-20(4-8-24)26(32)31(16-18-2-1-11-30-15-18)17-19-12-22(28)14-23(29)13-19/h1-15H,16-17H2. The van der Waals surface area contributed by atoms with E-state index in [4.69, 9.17) is 27.9 Å². The normalized spacial score (nSPS) is 10.6. The molecule has 0 spiro atoms. The van der Waals surface area contributed by atoms with Crippen molar-refractivity contribution in [3.63, 3.8) is 0 Å². The minimum Gasteiger partial charge on any atom is -0.457 e. The summed E-state index contributed by atoms with van der Waals surface area (Å²) in [5.41, 5.74) is 2.32. The van der Waals surface area contributed by atoms with E-state index in [0.717, 1.165) is 15.6 Å². The molecule has 0 bridgehead atoms. The summed E-state index contributed by atoms with van der Waals surface area (Å²) in [5, 5.41) is 1.06. The van der Waals surface area contributed by atoms with E-state index in [1.54, 1.807) is 47.6 Å². The summed E-state index contributed by atoms with van der Waals surface area (Å²) in [6, 6.07) is 23.7. The maximum Gasteiger partial charge on any atom is 0.254 e. The van der Waals surface area contributed by atoms with Crippen molar-refractivity contribution in [3.05, 3.63) is 122 Å². The van der Waals surface area contributed by atoms with Crippen molar-refractivity contribution in [2.45, 2.75) is 13.1 Å². The lowest BCUT2D eigenvalue weighted by Gasteiger charge is -2.23. The van der Waals surface area contributed by atoms with E-state index in [2.05, 4.69) is 20.9 Å². The van der Waals surface area contributed by atoms with Crippen molar-refractivity contribution in [1.29, 1.82) is 0 Å². The van der Waals surface area contributed by atoms with Crippen molar-refractivity contribution in [2.24, 2.45) is 0 Å². The highest BCUT2D eigenvalue weighted by Gasteiger charge is 2.18. The Bertz CT molecular complexity index is 1210. The van der Waals surface area contributed by atoms with Crippen LogP contribution in [-0.2, 0) is 13.1 Å². The Hall–Kier alpha value is -2.86. The van der Waals surface area contributed by atoms with Gasteiger partial charge in [-0.15, -0.1) is 0 Å². The number of rotatable bonds is 7. The van der Waals surface area contributed by atoms with Crippen molar-refractivity contribution in [1.82, 2.24) is 9.88 Å². The summed E-state index contributed by atoms with van der Waals surface area (Å²) in [5.74, 6) is 1.24. The summed E-state index contributed by atoms with van der Waals surface area (Å²) in [4.78, 5) is 19.3. The van der Waals surface area contributed by atoms with Crippen LogP contribution in [0.2, 0.25) is 10.0 Å². The molecule has 1 amide bonds. The van der Waals surface area contributed by atoms with E-state index in [0.29, 0.717) is 40.2 Å². The smallest absolute Gasteiger partial charge is 0.254 e. The van der Waals surface area contributed by atoms with Gasteiger partial charge in [-0.3, -0.25) is 9.78 Å². The monoisotopic (exact) mass is 540 g/mol. The molecule has 4 nitrogen and oxygen atoms in total.